The third-order valence-corrected chi connectivity index (χ3v) is 5.07. The minimum Gasteiger partial charge on any atom is -0.376 e. The van der Waals surface area contributed by atoms with Crippen LogP contribution >= 0.6 is 0 Å². The highest BCUT2D eigenvalue weighted by atomic mass is 16.7. The molecule has 2 aromatic carbocycles. The maximum absolute atomic E-state index is 6.17. The molecule has 6 heteroatoms. The Balaban J connectivity index is 1.59. The van der Waals surface area contributed by atoms with Gasteiger partial charge in [0.2, 0.25) is 0 Å². The summed E-state index contributed by atoms with van der Waals surface area (Å²) in [5.74, 6) is 0. The van der Waals surface area contributed by atoms with Crippen LogP contribution in [0.5, 0.6) is 0 Å². The molecule has 1 fully saturated rings. The molecule has 1 heterocycles. The molecule has 29 heavy (non-hydrogen) atoms. The van der Waals surface area contributed by atoms with E-state index in [1.807, 2.05) is 60.7 Å². The average Bonchev–Trinajstić information content (AvgIpc) is 3.14. The highest BCUT2D eigenvalue weighted by Crippen LogP contribution is 2.30. The second-order valence-electron chi connectivity index (χ2n) is 6.94. The van der Waals surface area contributed by atoms with E-state index in [1.165, 1.54) is 0 Å². The van der Waals surface area contributed by atoms with Gasteiger partial charge in [-0.2, -0.15) is 0 Å². The first kappa shape index (κ1) is 21.9. The average molecular weight is 402 g/mol. The summed E-state index contributed by atoms with van der Waals surface area (Å²) in [6.45, 7) is 1.31. The monoisotopic (exact) mass is 402 g/mol. The number of rotatable bonds is 11. The topological polar surface area (TPSA) is 55.4 Å². The van der Waals surface area contributed by atoms with Gasteiger partial charge in [-0.15, -0.1) is 0 Å². The fourth-order valence-corrected chi connectivity index (χ4v) is 3.52. The summed E-state index contributed by atoms with van der Waals surface area (Å²) in [6, 6.07) is 20.0. The van der Waals surface area contributed by atoms with Crippen molar-refractivity contribution < 1.29 is 28.4 Å². The maximum atomic E-state index is 6.17. The molecule has 1 aliphatic rings. The highest BCUT2D eigenvalue weighted by Gasteiger charge is 2.49. The number of ether oxygens (including phenoxy) is 6. The standard InChI is InChI=1S/C23H30O6/c1-24-19(16-27-14-17-10-6-4-7-11-17)20-21(25-2)22(26-3)23(29-20)28-15-18-12-8-5-9-13-18/h4-13,19-23H,14-16H2,1-3H3/t19-,20-,21+,22-,23-/m1/s1. The van der Waals surface area contributed by atoms with Gasteiger partial charge >= 0.3 is 0 Å². The Morgan fingerprint density at radius 1 is 0.793 bits per heavy atom. The van der Waals surface area contributed by atoms with Crippen molar-refractivity contribution in [3.05, 3.63) is 71.8 Å². The molecule has 6 nitrogen and oxygen atoms in total. The van der Waals surface area contributed by atoms with Gasteiger partial charge in [-0.3, -0.25) is 0 Å². The van der Waals surface area contributed by atoms with E-state index in [0.717, 1.165) is 11.1 Å². The first-order valence-corrected chi connectivity index (χ1v) is 9.78. The Bertz CT molecular complexity index is 695. The van der Waals surface area contributed by atoms with E-state index in [-0.39, 0.29) is 24.4 Å². The van der Waals surface area contributed by atoms with E-state index < -0.39 is 6.29 Å². The first-order valence-electron chi connectivity index (χ1n) is 9.78. The smallest absolute Gasteiger partial charge is 0.187 e. The van der Waals surface area contributed by atoms with Crippen LogP contribution in [0, 0.1) is 0 Å². The van der Waals surface area contributed by atoms with Crippen molar-refractivity contribution in [1.29, 1.82) is 0 Å². The zero-order valence-electron chi connectivity index (χ0n) is 17.2. The predicted molar refractivity (Wildman–Crippen MR) is 108 cm³/mol. The number of benzene rings is 2. The largest absolute Gasteiger partial charge is 0.376 e. The summed E-state index contributed by atoms with van der Waals surface area (Å²) in [5, 5.41) is 0. The second kappa shape index (κ2) is 11.4. The van der Waals surface area contributed by atoms with Crippen LogP contribution in [0.15, 0.2) is 60.7 Å². The molecule has 1 aliphatic heterocycles. The van der Waals surface area contributed by atoms with Crippen molar-refractivity contribution >= 4 is 0 Å². The van der Waals surface area contributed by atoms with Gasteiger partial charge in [0.1, 0.15) is 24.4 Å². The van der Waals surface area contributed by atoms with Crippen molar-refractivity contribution in [2.24, 2.45) is 0 Å². The van der Waals surface area contributed by atoms with Crippen LogP contribution < -0.4 is 0 Å². The molecule has 0 aromatic heterocycles. The molecular formula is C23H30O6. The molecular weight excluding hydrogens is 372 g/mol. The van der Waals surface area contributed by atoms with E-state index in [2.05, 4.69) is 0 Å². The normalized spacial score (nSPS) is 25.2. The van der Waals surface area contributed by atoms with Crippen LogP contribution in [0.25, 0.3) is 0 Å². The molecule has 1 saturated heterocycles. The van der Waals surface area contributed by atoms with Crippen LogP contribution in [0.3, 0.4) is 0 Å². The van der Waals surface area contributed by atoms with Crippen molar-refractivity contribution in [2.45, 2.75) is 43.9 Å². The summed E-state index contributed by atoms with van der Waals surface area (Å²) in [7, 11) is 4.92. The minimum atomic E-state index is -0.554. The SMILES string of the molecule is CO[C@@H]1[C@@H](OC)[C@H](OCc2ccccc2)O[C@@H]1[C@@H](COCc1ccccc1)OC. The van der Waals surface area contributed by atoms with Crippen LogP contribution in [0.1, 0.15) is 11.1 Å². The summed E-state index contributed by atoms with van der Waals surface area (Å²) in [4.78, 5) is 0. The van der Waals surface area contributed by atoms with Crippen LogP contribution in [0.2, 0.25) is 0 Å². The zero-order chi connectivity index (χ0) is 20.5. The Morgan fingerprint density at radius 3 is 1.93 bits per heavy atom. The lowest BCUT2D eigenvalue weighted by Crippen LogP contribution is -2.43. The summed E-state index contributed by atoms with van der Waals surface area (Å²) in [5.41, 5.74) is 2.18. The van der Waals surface area contributed by atoms with Crippen molar-refractivity contribution in [3.63, 3.8) is 0 Å². The Labute approximate surface area is 172 Å². The summed E-state index contributed by atoms with van der Waals surface area (Å²) in [6.07, 6.45) is -1.92. The number of methoxy groups -OCH3 is 3. The quantitative estimate of drug-likeness (QED) is 0.575. The fraction of sp³-hybridized carbons (Fsp3) is 0.478. The van der Waals surface area contributed by atoms with E-state index in [4.69, 9.17) is 28.4 Å². The molecule has 0 bridgehead atoms. The number of hydrogen-bond donors (Lipinski definition) is 0. The van der Waals surface area contributed by atoms with E-state index >= 15 is 0 Å². The lowest BCUT2D eigenvalue weighted by Gasteiger charge is -2.26. The molecule has 2 aromatic rings. The third-order valence-electron chi connectivity index (χ3n) is 5.07. The van der Waals surface area contributed by atoms with Gasteiger partial charge < -0.3 is 28.4 Å². The van der Waals surface area contributed by atoms with Crippen LogP contribution in [-0.2, 0) is 41.6 Å². The van der Waals surface area contributed by atoms with Gasteiger partial charge in [-0.1, -0.05) is 60.7 Å². The van der Waals surface area contributed by atoms with Gasteiger partial charge in [0.05, 0.1) is 19.8 Å². The molecule has 0 N–H and O–H groups in total. The molecule has 0 amide bonds. The highest BCUT2D eigenvalue weighted by molar-refractivity contribution is 5.14. The second-order valence-corrected chi connectivity index (χ2v) is 6.94. The molecule has 158 valence electrons. The molecule has 0 unspecified atom stereocenters. The lowest BCUT2D eigenvalue weighted by atomic mass is 10.1. The molecule has 5 atom stereocenters. The maximum Gasteiger partial charge on any atom is 0.187 e. The zero-order valence-corrected chi connectivity index (χ0v) is 17.2. The predicted octanol–water partition coefficient (Wildman–Crippen LogP) is 3.19. The first-order chi connectivity index (χ1) is 14.3. The molecule has 0 spiro atoms. The number of hydrogen-bond acceptors (Lipinski definition) is 6. The van der Waals surface area contributed by atoms with Crippen molar-refractivity contribution in [1.82, 2.24) is 0 Å². The van der Waals surface area contributed by atoms with Gasteiger partial charge in [-0.05, 0) is 11.1 Å². The van der Waals surface area contributed by atoms with E-state index in [0.29, 0.717) is 19.8 Å². The van der Waals surface area contributed by atoms with Gasteiger partial charge in [0, 0.05) is 21.3 Å². The van der Waals surface area contributed by atoms with Gasteiger partial charge in [0.15, 0.2) is 6.29 Å². The summed E-state index contributed by atoms with van der Waals surface area (Å²) < 4.78 is 35.0. The minimum absolute atomic E-state index is 0.313. The van der Waals surface area contributed by atoms with E-state index in [1.54, 1.807) is 21.3 Å². The van der Waals surface area contributed by atoms with Crippen molar-refractivity contribution in [2.75, 3.05) is 27.9 Å². The molecule has 0 radical (unpaired) electrons. The van der Waals surface area contributed by atoms with Gasteiger partial charge in [0.25, 0.3) is 0 Å². The summed E-state index contributed by atoms with van der Waals surface area (Å²) >= 11 is 0. The fourth-order valence-electron chi connectivity index (χ4n) is 3.52. The Kier molecular flexibility index (Phi) is 8.61. The molecule has 0 saturated carbocycles. The lowest BCUT2D eigenvalue weighted by molar-refractivity contribution is -0.194. The Hall–Kier alpha value is -1.80. The van der Waals surface area contributed by atoms with Crippen LogP contribution in [-0.4, -0.2) is 58.6 Å². The van der Waals surface area contributed by atoms with Crippen molar-refractivity contribution in [3.8, 4) is 0 Å². The Morgan fingerprint density at radius 2 is 1.38 bits per heavy atom. The van der Waals surface area contributed by atoms with E-state index in [9.17, 15) is 0 Å². The molecule has 3 rings (SSSR count). The third kappa shape index (κ3) is 5.85. The van der Waals surface area contributed by atoms with Crippen LogP contribution in [0.4, 0.5) is 0 Å². The molecule has 0 aliphatic carbocycles. The van der Waals surface area contributed by atoms with Gasteiger partial charge in [-0.25, -0.2) is 0 Å².